The second-order valence-corrected chi connectivity index (χ2v) is 7.28. The highest BCUT2D eigenvalue weighted by Crippen LogP contribution is 2.27. The number of carbonyl (C=O) groups is 1. The van der Waals surface area contributed by atoms with Crippen LogP contribution >= 0.6 is 11.8 Å². The first-order valence-electron chi connectivity index (χ1n) is 7.85. The van der Waals surface area contributed by atoms with Crippen LogP contribution in [0, 0.1) is 16.0 Å². The van der Waals surface area contributed by atoms with Crippen LogP contribution in [-0.2, 0) is 4.79 Å². The summed E-state index contributed by atoms with van der Waals surface area (Å²) in [6, 6.07) is 6.35. The lowest BCUT2D eigenvalue weighted by Crippen LogP contribution is -2.45. The van der Waals surface area contributed by atoms with Crippen LogP contribution < -0.4 is 5.32 Å². The van der Waals surface area contributed by atoms with Gasteiger partial charge >= 0.3 is 0 Å². The SMILES string of the molecule is CNCC1CCCN(C(=O)C(C)Sc2ccc([N+](=O)[O-])cc2)C1. The van der Waals surface area contributed by atoms with Crippen molar-refractivity contribution < 1.29 is 9.72 Å². The summed E-state index contributed by atoms with van der Waals surface area (Å²) in [5, 5.41) is 13.7. The topological polar surface area (TPSA) is 75.5 Å². The Labute approximate surface area is 140 Å². The van der Waals surface area contributed by atoms with Gasteiger partial charge in [-0.2, -0.15) is 0 Å². The van der Waals surface area contributed by atoms with Crippen molar-refractivity contribution in [3.63, 3.8) is 0 Å². The van der Waals surface area contributed by atoms with Crippen LogP contribution in [0.5, 0.6) is 0 Å². The first kappa shape index (κ1) is 17.7. The molecule has 1 saturated heterocycles. The Morgan fingerprint density at radius 1 is 1.48 bits per heavy atom. The Bertz CT molecular complexity index is 548. The molecule has 6 nitrogen and oxygen atoms in total. The number of nitro benzene ring substituents is 1. The molecule has 1 N–H and O–H groups in total. The van der Waals surface area contributed by atoms with E-state index in [1.165, 1.54) is 23.9 Å². The lowest BCUT2D eigenvalue weighted by Gasteiger charge is -2.34. The third-order valence-corrected chi connectivity index (χ3v) is 5.13. The predicted octanol–water partition coefficient (Wildman–Crippen LogP) is 2.53. The highest BCUT2D eigenvalue weighted by atomic mass is 32.2. The molecule has 1 amide bonds. The first-order valence-corrected chi connectivity index (χ1v) is 8.73. The number of hydrogen-bond acceptors (Lipinski definition) is 5. The van der Waals surface area contributed by atoms with E-state index in [4.69, 9.17) is 0 Å². The highest BCUT2D eigenvalue weighted by molar-refractivity contribution is 8.00. The zero-order valence-corrected chi connectivity index (χ0v) is 14.3. The van der Waals surface area contributed by atoms with Crippen LogP contribution in [-0.4, -0.2) is 47.7 Å². The van der Waals surface area contributed by atoms with Gasteiger partial charge in [-0.3, -0.25) is 14.9 Å². The molecule has 1 heterocycles. The molecule has 2 atom stereocenters. The van der Waals surface area contributed by atoms with E-state index in [1.807, 2.05) is 18.9 Å². The van der Waals surface area contributed by atoms with Gasteiger partial charge in [0.25, 0.3) is 5.69 Å². The molecule has 0 aliphatic carbocycles. The second kappa shape index (κ2) is 8.31. The molecule has 2 rings (SSSR count). The van der Waals surface area contributed by atoms with Gasteiger partial charge in [0.15, 0.2) is 0 Å². The third-order valence-electron chi connectivity index (χ3n) is 4.03. The number of hydrogen-bond donors (Lipinski definition) is 1. The Hall–Kier alpha value is -1.60. The molecule has 1 aromatic rings. The molecule has 0 radical (unpaired) electrons. The van der Waals surface area contributed by atoms with Crippen molar-refractivity contribution in [3.05, 3.63) is 34.4 Å². The largest absolute Gasteiger partial charge is 0.341 e. The van der Waals surface area contributed by atoms with Gasteiger partial charge in [0.05, 0.1) is 10.2 Å². The maximum absolute atomic E-state index is 12.6. The van der Waals surface area contributed by atoms with Crippen LogP contribution in [0.2, 0.25) is 0 Å². The minimum Gasteiger partial charge on any atom is -0.341 e. The minimum absolute atomic E-state index is 0.0688. The molecule has 0 aromatic heterocycles. The van der Waals surface area contributed by atoms with E-state index in [0.717, 1.165) is 37.4 Å². The summed E-state index contributed by atoms with van der Waals surface area (Å²) in [6.45, 7) is 4.47. The molecule has 1 fully saturated rings. The summed E-state index contributed by atoms with van der Waals surface area (Å²) in [6.07, 6.45) is 2.21. The third kappa shape index (κ3) is 4.94. The molecular weight excluding hydrogens is 314 g/mol. The van der Waals surface area contributed by atoms with E-state index in [2.05, 4.69) is 5.32 Å². The summed E-state index contributed by atoms with van der Waals surface area (Å²) in [5.41, 5.74) is 0.0688. The van der Waals surface area contributed by atoms with E-state index in [1.54, 1.807) is 12.1 Å². The van der Waals surface area contributed by atoms with Gasteiger partial charge < -0.3 is 10.2 Å². The molecule has 0 saturated carbocycles. The van der Waals surface area contributed by atoms with Crippen molar-refractivity contribution in [2.45, 2.75) is 29.9 Å². The van der Waals surface area contributed by atoms with Gasteiger partial charge in [-0.25, -0.2) is 0 Å². The number of carbonyl (C=O) groups excluding carboxylic acids is 1. The molecule has 7 heteroatoms. The van der Waals surface area contributed by atoms with Gasteiger partial charge in [0.2, 0.25) is 5.91 Å². The van der Waals surface area contributed by atoms with Crippen LogP contribution in [0.1, 0.15) is 19.8 Å². The van der Waals surface area contributed by atoms with Gasteiger partial charge in [-0.05, 0) is 51.4 Å². The molecule has 1 aliphatic rings. The molecule has 23 heavy (non-hydrogen) atoms. The maximum atomic E-state index is 12.6. The van der Waals surface area contributed by atoms with Crippen molar-refractivity contribution in [2.24, 2.45) is 5.92 Å². The standard InChI is InChI=1S/C16H23N3O3S/c1-12(23-15-7-5-14(6-8-15)19(21)22)16(20)18-9-3-4-13(11-18)10-17-2/h5-8,12-13,17H,3-4,9-11H2,1-2H3. The second-order valence-electron chi connectivity index (χ2n) is 5.86. The number of benzene rings is 1. The lowest BCUT2D eigenvalue weighted by molar-refractivity contribution is -0.384. The fourth-order valence-electron chi connectivity index (χ4n) is 2.88. The zero-order valence-electron chi connectivity index (χ0n) is 13.5. The number of thioether (sulfide) groups is 1. The average Bonchev–Trinajstić information content (AvgIpc) is 2.55. The van der Waals surface area contributed by atoms with Crippen molar-refractivity contribution in [1.82, 2.24) is 10.2 Å². The first-order chi connectivity index (χ1) is 11.0. The molecule has 0 bridgehead atoms. The molecular formula is C16H23N3O3S. The average molecular weight is 337 g/mol. The van der Waals surface area contributed by atoms with Crippen molar-refractivity contribution in [1.29, 1.82) is 0 Å². The number of likely N-dealkylation sites (tertiary alicyclic amines) is 1. The van der Waals surface area contributed by atoms with E-state index in [-0.39, 0.29) is 16.8 Å². The van der Waals surface area contributed by atoms with Crippen LogP contribution in [0.3, 0.4) is 0 Å². The number of piperidine rings is 1. The van der Waals surface area contributed by atoms with Crippen molar-refractivity contribution in [3.8, 4) is 0 Å². The Morgan fingerprint density at radius 3 is 2.78 bits per heavy atom. The summed E-state index contributed by atoms with van der Waals surface area (Å²) < 4.78 is 0. The Balaban J connectivity index is 1.92. The van der Waals surface area contributed by atoms with Gasteiger partial charge in [0, 0.05) is 30.1 Å². The van der Waals surface area contributed by atoms with Crippen LogP contribution in [0.25, 0.3) is 0 Å². The number of nitrogens with zero attached hydrogens (tertiary/aromatic N) is 2. The lowest BCUT2D eigenvalue weighted by atomic mass is 9.98. The van der Waals surface area contributed by atoms with Crippen molar-refractivity contribution in [2.75, 3.05) is 26.7 Å². The van der Waals surface area contributed by atoms with E-state index in [9.17, 15) is 14.9 Å². The monoisotopic (exact) mass is 337 g/mol. The fraction of sp³-hybridized carbons (Fsp3) is 0.562. The smallest absolute Gasteiger partial charge is 0.269 e. The fourth-order valence-corrected chi connectivity index (χ4v) is 3.83. The van der Waals surface area contributed by atoms with E-state index < -0.39 is 4.92 Å². The molecule has 1 aromatic carbocycles. The summed E-state index contributed by atoms with van der Waals surface area (Å²) in [5.74, 6) is 0.670. The van der Waals surface area contributed by atoms with Gasteiger partial charge in [-0.1, -0.05) is 0 Å². The number of non-ortho nitro benzene ring substituents is 1. The number of rotatable bonds is 6. The highest BCUT2D eigenvalue weighted by Gasteiger charge is 2.27. The van der Waals surface area contributed by atoms with Gasteiger partial charge in [-0.15, -0.1) is 11.8 Å². The number of amides is 1. The molecule has 126 valence electrons. The Kier molecular flexibility index (Phi) is 6.41. The normalized spacial score (nSPS) is 19.4. The minimum atomic E-state index is -0.418. The van der Waals surface area contributed by atoms with E-state index in [0.29, 0.717) is 5.92 Å². The Morgan fingerprint density at radius 2 is 2.17 bits per heavy atom. The summed E-state index contributed by atoms with van der Waals surface area (Å²) in [7, 11) is 1.94. The van der Waals surface area contributed by atoms with Crippen LogP contribution in [0.15, 0.2) is 29.2 Å². The quantitative estimate of drug-likeness (QED) is 0.490. The maximum Gasteiger partial charge on any atom is 0.269 e. The molecule has 0 spiro atoms. The number of nitrogens with one attached hydrogen (secondary N) is 1. The van der Waals surface area contributed by atoms with Crippen LogP contribution in [0.4, 0.5) is 5.69 Å². The van der Waals surface area contributed by atoms with Gasteiger partial charge in [0.1, 0.15) is 0 Å². The predicted molar refractivity (Wildman–Crippen MR) is 91.6 cm³/mol. The zero-order chi connectivity index (χ0) is 16.8. The van der Waals surface area contributed by atoms with Crippen molar-refractivity contribution >= 4 is 23.4 Å². The number of nitro groups is 1. The molecule has 2 unspecified atom stereocenters. The van der Waals surface area contributed by atoms with E-state index >= 15 is 0 Å². The summed E-state index contributed by atoms with van der Waals surface area (Å²) >= 11 is 1.45. The summed E-state index contributed by atoms with van der Waals surface area (Å²) in [4.78, 5) is 25.7. The molecule has 1 aliphatic heterocycles.